The number of hydrogen-bond donors (Lipinski definition) is 0. The van der Waals surface area contributed by atoms with Gasteiger partial charge in [0.2, 0.25) is 0 Å². The van der Waals surface area contributed by atoms with Crippen LogP contribution < -0.4 is 0 Å². The highest BCUT2D eigenvalue weighted by molar-refractivity contribution is 7.82. The van der Waals surface area contributed by atoms with Crippen LogP contribution in [0.3, 0.4) is 0 Å². The summed E-state index contributed by atoms with van der Waals surface area (Å²) in [5.41, 5.74) is 0. The van der Waals surface area contributed by atoms with Crippen LogP contribution in [0.5, 0.6) is 0 Å². The fourth-order valence-corrected chi connectivity index (χ4v) is 0.219. The lowest BCUT2D eigenvalue weighted by Crippen LogP contribution is -2.20. The molecule has 0 aromatic rings. The Morgan fingerprint density at radius 2 is 1.43 bits per heavy atom. The van der Waals surface area contributed by atoms with Crippen molar-refractivity contribution in [3.05, 3.63) is 0 Å². The molecule has 1 rings (SSSR count). The van der Waals surface area contributed by atoms with E-state index in [-0.39, 0.29) is 23.1 Å². The monoisotopic (exact) mass is 136 g/mol. The first-order valence-electron chi connectivity index (χ1n) is 1.00. The van der Waals surface area contributed by atoms with Crippen LogP contribution >= 0.6 is 0 Å². The Balaban J connectivity index is 0.000000360. The van der Waals surface area contributed by atoms with Gasteiger partial charge in [-0.15, -0.1) is 0 Å². The van der Waals surface area contributed by atoms with Gasteiger partial charge in [-0.05, 0) is 13.7 Å². The van der Waals surface area contributed by atoms with Crippen LogP contribution in [0.4, 0.5) is 0 Å². The minimum absolute atomic E-state index is 0. The predicted octanol–water partition coefficient (Wildman–Crippen LogP) is -1.26. The summed E-state index contributed by atoms with van der Waals surface area (Å²) < 4.78 is 25.8. The van der Waals surface area contributed by atoms with E-state index in [1.807, 2.05) is 0 Å². The molecule has 5 nitrogen and oxygen atoms in total. The third kappa shape index (κ3) is 1.89. The Morgan fingerprint density at radius 1 is 1.14 bits per heavy atom. The van der Waals surface area contributed by atoms with E-state index in [0.29, 0.717) is 0 Å². The van der Waals surface area contributed by atoms with Gasteiger partial charge in [0.1, 0.15) is 0 Å². The van der Waals surface area contributed by atoms with E-state index in [4.69, 9.17) is 0 Å². The van der Waals surface area contributed by atoms with Crippen LogP contribution in [-0.2, 0) is 24.1 Å². The van der Waals surface area contributed by atoms with Crippen molar-refractivity contribution in [3.63, 3.8) is 0 Å². The molecule has 0 unspecified atom stereocenters. The summed E-state index contributed by atoms with van der Waals surface area (Å²) in [7, 11) is -3.70. The van der Waals surface area contributed by atoms with Crippen LogP contribution in [0.1, 0.15) is 0 Å². The van der Waals surface area contributed by atoms with Crippen LogP contribution in [-0.4, -0.2) is 31.5 Å². The summed E-state index contributed by atoms with van der Waals surface area (Å²) in [6.45, 7) is 0. The zero-order valence-corrected chi connectivity index (χ0v) is 5.39. The maximum atomic E-state index is 9.52. The van der Waals surface area contributed by atoms with Gasteiger partial charge in [0.25, 0.3) is 0 Å². The van der Waals surface area contributed by atoms with Crippen molar-refractivity contribution in [1.82, 2.24) is 0 Å². The molecule has 0 atom stereocenters. The van der Waals surface area contributed by atoms with Gasteiger partial charge in [-0.25, -0.2) is 0 Å². The van der Waals surface area contributed by atoms with E-state index >= 15 is 0 Å². The number of hydrogen-bond acceptors (Lipinski definition) is 5. The minimum Gasteiger partial charge on any atom is -0.164 e. The Morgan fingerprint density at radius 3 is 1.43 bits per heavy atom. The highest BCUT2D eigenvalue weighted by Gasteiger charge is 2.26. The molecular formula is MgO5S. The van der Waals surface area contributed by atoms with Crippen LogP contribution in [0.25, 0.3) is 0 Å². The van der Waals surface area contributed by atoms with Crippen LogP contribution in [0.15, 0.2) is 0 Å². The van der Waals surface area contributed by atoms with Crippen molar-refractivity contribution in [1.29, 1.82) is 0 Å². The van der Waals surface area contributed by atoms with Crippen molar-refractivity contribution >= 4 is 33.5 Å². The molecule has 0 aromatic carbocycles. The maximum absolute atomic E-state index is 9.52. The molecule has 0 aliphatic carbocycles. The largest absolute Gasteiger partial charge is 0.457 e. The lowest BCUT2D eigenvalue weighted by atomic mass is 14.5. The van der Waals surface area contributed by atoms with Gasteiger partial charge >= 0.3 is 10.4 Å². The second-order valence-corrected chi connectivity index (χ2v) is 1.70. The zero-order valence-electron chi connectivity index (χ0n) is 3.16. The summed E-state index contributed by atoms with van der Waals surface area (Å²) in [5.74, 6) is 0. The molecule has 0 amide bonds. The molecule has 1 heterocycles. The highest BCUT2D eigenvalue weighted by Crippen LogP contribution is 2.07. The second kappa shape index (κ2) is 2.24. The average molecular weight is 136 g/mol. The molecule has 1 aliphatic heterocycles. The first-order valence-corrected chi connectivity index (χ1v) is 2.33. The van der Waals surface area contributed by atoms with Gasteiger partial charge in [-0.3, -0.25) is 0 Å². The lowest BCUT2D eigenvalue weighted by Gasteiger charge is -2.05. The molecule has 0 bridgehead atoms. The maximum Gasteiger partial charge on any atom is 0.457 e. The van der Waals surface area contributed by atoms with Crippen molar-refractivity contribution < 1.29 is 22.1 Å². The van der Waals surface area contributed by atoms with Gasteiger partial charge in [-0.2, -0.15) is 8.42 Å². The third-order valence-corrected chi connectivity index (χ3v) is 0.667. The van der Waals surface area contributed by atoms with Crippen LogP contribution in [0, 0.1) is 0 Å². The van der Waals surface area contributed by atoms with Crippen molar-refractivity contribution in [3.8, 4) is 0 Å². The van der Waals surface area contributed by atoms with Crippen molar-refractivity contribution in [2.45, 2.75) is 0 Å². The topological polar surface area (TPSA) is 61.8 Å². The summed E-state index contributed by atoms with van der Waals surface area (Å²) in [6, 6.07) is 0. The first kappa shape index (κ1) is 7.60. The van der Waals surface area contributed by atoms with E-state index < -0.39 is 10.4 Å². The molecular weight excluding hydrogens is 136 g/mol. The Kier molecular flexibility index (Phi) is 2.43. The van der Waals surface area contributed by atoms with Gasteiger partial charge in [-0.1, -0.05) is 0 Å². The molecule has 7 heteroatoms. The Hall–Kier alpha value is 0.596. The van der Waals surface area contributed by atoms with E-state index in [1.165, 1.54) is 0 Å². The second-order valence-electron chi connectivity index (χ2n) is 0.612. The first-order chi connectivity index (χ1) is 2.71. The van der Waals surface area contributed by atoms with Gasteiger partial charge < -0.3 is 0 Å². The molecule has 1 fully saturated rings. The van der Waals surface area contributed by atoms with Crippen LogP contribution in [0.2, 0.25) is 0 Å². The summed E-state index contributed by atoms with van der Waals surface area (Å²) in [4.78, 5) is 0. The smallest absolute Gasteiger partial charge is 0.164 e. The van der Waals surface area contributed by atoms with E-state index in [1.54, 1.807) is 0 Å². The van der Waals surface area contributed by atoms with Gasteiger partial charge in [0, 0.05) is 23.1 Å². The SMILES string of the molecule is O=S1(=O)OOO1.[Mg]. The molecule has 0 spiro atoms. The number of rotatable bonds is 0. The molecule has 0 aromatic heterocycles. The summed E-state index contributed by atoms with van der Waals surface area (Å²) in [5, 5.41) is 3.35. The van der Waals surface area contributed by atoms with E-state index in [0.717, 1.165) is 0 Å². The summed E-state index contributed by atoms with van der Waals surface area (Å²) in [6.07, 6.45) is 0. The van der Waals surface area contributed by atoms with Gasteiger partial charge in [0.05, 0.1) is 0 Å². The third-order valence-electron chi connectivity index (χ3n) is 0.222. The van der Waals surface area contributed by atoms with E-state index in [9.17, 15) is 8.42 Å². The highest BCUT2D eigenvalue weighted by atomic mass is 32.3. The molecule has 38 valence electrons. The molecule has 1 saturated heterocycles. The van der Waals surface area contributed by atoms with Crippen molar-refractivity contribution in [2.75, 3.05) is 0 Å². The standard InChI is InChI=1S/Mg.O5S/c;1-6(2)4-3-5-6. The summed E-state index contributed by atoms with van der Waals surface area (Å²) >= 11 is 0. The molecule has 0 N–H and O–H groups in total. The lowest BCUT2D eigenvalue weighted by molar-refractivity contribution is -0.477. The fraction of sp³-hybridized carbons (Fsp3) is 0. The van der Waals surface area contributed by atoms with E-state index in [2.05, 4.69) is 13.7 Å². The average Bonchev–Trinajstić information content (AvgIpc) is 1.32. The zero-order chi connectivity index (χ0) is 4.62. The fourth-order valence-electron chi connectivity index (χ4n) is 0.0731. The normalized spacial score (nSPS) is 24.6. The molecule has 1 aliphatic rings. The molecule has 0 saturated carbocycles. The Bertz CT molecular complexity index is 122. The van der Waals surface area contributed by atoms with Gasteiger partial charge in [0.15, 0.2) is 0 Å². The molecule has 7 heavy (non-hydrogen) atoms. The molecule has 2 radical (unpaired) electrons. The quantitative estimate of drug-likeness (QED) is 0.307. The minimum atomic E-state index is -3.70. The Labute approximate surface area is 55.9 Å². The predicted molar refractivity (Wildman–Crippen MR) is 17.9 cm³/mol. The van der Waals surface area contributed by atoms with Crippen molar-refractivity contribution in [2.24, 2.45) is 0 Å².